The summed E-state index contributed by atoms with van der Waals surface area (Å²) in [7, 11) is -7.30. The number of hydrogen-bond donors (Lipinski definition) is 2. The van der Waals surface area contributed by atoms with Crippen LogP contribution >= 0.6 is 0 Å². The second kappa shape index (κ2) is 8.11. The molecule has 0 saturated heterocycles. The second-order valence-corrected chi connectivity index (χ2v) is 10.3. The van der Waals surface area contributed by atoms with Crippen molar-refractivity contribution in [3.05, 3.63) is 35.7 Å². The molecule has 3 heterocycles. The summed E-state index contributed by atoms with van der Waals surface area (Å²) in [4.78, 5) is 24.2. The zero-order valence-electron chi connectivity index (χ0n) is 17.1. The van der Waals surface area contributed by atoms with E-state index in [2.05, 4.69) is 20.3 Å². The number of urea groups is 1. The third kappa shape index (κ3) is 4.59. The fourth-order valence-electron chi connectivity index (χ4n) is 2.69. The van der Waals surface area contributed by atoms with Crippen LogP contribution in [0.25, 0.3) is 5.65 Å². The third-order valence-corrected chi connectivity index (χ3v) is 7.23. The van der Waals surface area contributed by atoms with E-state index in [1.807, 2.05) is 0 Å². The summed E-state index contributed by atoms with van der Waals surface area (Å²) in [5.41, 5.74) is 1.23. The van der Waals surface area contributed by atoms with Crippen LogP contribution in [-0.4, -0.2) is 55.1 Å². The molecule has 2 N–H and O–H groups in total. The molecule has 166 valence electrons. The first kappa shape index (κ1) is 22.4. The minimum absolute atomic E-state index is 0.102. The van der Waals surface area contributed by atoms with Gasteiger partial charge in [0.1, 0.15) is 5.65 Å². The average Bonchev–Trinajstić information content (AvgIpc) is 3.07. The number of anilines is 1. The Morgan fingerprint density at radius 1 is 1.13 bits per heavy atom. The molecule has 3 aromatic heterocycles. The van der Waals surface area contributed by atoms with Crippen molar-refractivity contribution in [2.75, 3.05) is 18.2 Å². The Hall–Kier alpha value is -3.26. The van der Waals surface area contributed by atoms with Crippen molar-refractivity contribution in [1.82, 2.24) is 24.1 Å². The number of sulfonamides is 1. The number of nitrogens with zero attached hydrogens (tertiary/aromatic N) is 4. The predicted molar refractivity (Wildman–Crippen MR) is 110 cm³/mol. The first-order chi connectivity index (χ1) is 14.5. The normalized spacial score (nSPS) is 12.0. The average molecular weight is 469 g/mol. The highest BCUT2D eigenvalue weighted by Crippen LogP contribution is 2.24. The largest absolute Gasteiger partial charge is 0.481 e. The minimum atomic E-state index is -4.66. The number of aromatic nitrogens is 4. The summed E-state index contributed by atoms with van der Waals surface area (Å²) in [5, 5.41) is 0.891. The lowest BCUT2D eigenvalue weighted by atomic mass is 10.3. The van der Waals surface area contributed by atoms with Gasteiger partial charge in [0.25, 0.3) is 10.0 Å². The van der Waals surface area contributed by atoms with Gasteiger partial charge in [-0.15, -0.1) is 0 Å². The van der Waals surface area contributed by atoms with Gasteiger partial charge >= 0.3 is 6.03 Å². The van der Waals surface area contributed by atoms with Crippen LogP contribution in [0.15, 0.2) is 34.4 Å². The van der Waals surface area contributed by atoms with Crippen LogP contribution in [0.3, 0.4) is 0 Å². The molecule has 31 heavy (non-hydrogen) atoms. The summed E-state index contributed by atoms with van der Waals surface area (Å²) in [6.45, 7) is 4.70. The molecular weight excluding hydrogens is 448 g/mol. The van der Waals surface area contributed by atoms with E-state index in [4.69, 9.17) is 4.74 Å². The van der Waals surface area contributed by atoms with Gasteiger partial charge in [-0.3, -0.25) is 9.72 Å². The molecule has 0 unspecified atom stereocenters. The molecule has 0 fully saturated rings. The molecule has 2 amide bonds. The van der Waals surface area contributed by atoms with Gasteiger partial charge in [-0.25, -0.2) is 27.9 Å². The number of fused-ring (bicyclic) bond motifs is 1. The van der Waals surface area contributed by atoms with Crippen molar-refractivity contribution < 1.29 is 26.4 Å². The number of pyridine rings is 1. The molecule has 0 saturated carbocycles. The summed E-state index contributed by atoms with van der Waals surface area (Å²) in [5.74, 6) is -0.402. The van der Waals surface area contributed by atoms with Gasteiger partial charge in [-0.05, 0) is 25.5 Å². The number of hydrogen-bond acceptors (Lipinski definition) is 9. The van der Waals surface area contributed by atoms with E-state index < -0.39 is 35.9 Å². The van der Waals surface area contributed by atoms with Crippen LogP contribution in [-0.2, 0) is 19.9 Å². The standard InChI is InChI=1S/C17H20N6O6S2/c1-5-30(25,26)14-15(23-9-10(2)6-7-12(23)19-14)31(27,28)22-17(24)21-16-18-11(3)8-13(20-16)29-4/h6-9H,5H2,1-4H3,(H2,18,20,21,22,24). The summed E-state index contributed by atoms with van der Waals surface area (Å²) < 4.78 is 59.0. The van der Waals surface area contributed by atoms with E-state index in [0.29, 0.717) is 11.3 Å². The van der Waals surface area contributed by atoms with Crippen LogP contribution < -0.4 is 14.8 Å². The lowest BCUT2D eigenvalue weighted by molar-refractivity contribution is 0.256. The molecule has 0 aliphatic carbocycles. The quantitative estimate of drug-likeness (QED) is 0.538. The lowest BCUT2D eigenvalue weighted by Gasteiger charge is -2.10. The highest BCUT2D eigenvalue weighted by Gasteiger charge is 2.33. The van der Waals surface area contributed by atoms with E-state index in [-0.39, 0.29) is 23.2 Å². The van der Waals surface area contributed by atoms with E-state index in [0.717, 1.165) is 4.40 Å². The van der Waals surface area contributed by atoms with Crippen molar-refractivity contribution in [1.29, 1.82) is 0 Å². The molecule has 0 radical (unpaired) electrons. The molecule has 0 spiro atoms. The number of ether oxygens (including phenoxy) is 1. The number of nitrogens with one attached hydrogen (secondary N) is 2. The van der Waals surface area contributed by atoms with Gasteiger partial charge in [-0.2, -0.15) is 13.4 Å². The Morgan fingerprint density at radius 2 is 1.84 bits per heavy atom. The number of imidazole rings is 1. The van der Waals surface area contributed by atoms with Gasteiger partial charge in [0.15, 0.2) is 19.9 Å². The summed E-state index contributed by atoms with van der Waals surface area (Å²) in [6.07, 6.45) is 1.41. The molecule has 0 aromatic carbocycles. The zero-order valence-corrected chi connectivity index (χ0v) is 18.7. The van der Waals surface area contributed by atoms with Crippen LogP contribution in [0.4, 0.5) is 10.7 Å². The second-order valence-electron chi connectivity index (χ2n) is 6.50. The molecular formula is C17H20N6O6S2. The Morgan fingerprint density at radius 3 is 2.48 bits per heavy atom. The number of carbonyl (C=O) groups is 1. The van der Waals surface area contributed by atoms with Crippen LogP contribution in [0.2, 0.25) is 0 Å². The number of amides is 2. The number of methoxy groups -OCH3 is 1. The maximum absolute atomic E-state index is 13.0. The number of sulfone groups is 1. The number of rotatable bonds is 6. The topological polar surface area (TPSA) is 162 Å². The molecule has 0 atom stereocenters. The highest BCUT2D eigenvalue weighted by molar-refractivity contribution is 7.93. The van der Waals surface area contributed by atoms with Gasteiger partial charge in [0.05, 0.1) is 12.9 Å². The van der Waals surface area contributed by atoms with Crippen LogP contribution in [0, 0.1) is 13.8 Å². The van der Waals surface area contributed by atoms with Gasteiger partial charge in [-0.1, -0.05) is 13.0 Å². The Kier molecular flexibility index (Phi) is 5.87. The molecule has 0 bridgehead atoms. The summed E-state index contributed by atoms with van der Waals surface area (Å²) >= 11 is 0. The SMILES string of the molecule is CCS(=O)(=O)c1nc2ccc(C)cn2c1S(=O)(=O)NC(=O)Nc1nc(C)cc(OC)n1. The Bertz CT molecular complexity index is 1380. The maximum Gasteiger partial charge on any atom is 0.335 e. The monoisotopic (exact) mass is 468 g/mol. The number of carbonyl (C=O) groups excluding carboxylic acids is 1. The van der Waals surface area contributed by atoms with E-state index >= 15 is 0 Å². The minimum Gasteiger partial charge on any atom is -0.481 e. The zero-order chi connectivity index (χ0) is 23.0. The molecule has 0 aliphatic rings. The van der Waals surface area contributed by atoms with Crippen molar-refractivity contribution in [3.8, 4) is 5.88 Å². The van der Waals surface area contributed by atoms with Gasteiger partial charge < -0.3 is 4.74 Å². The van der Waals surface area contributed by atoms with Crippen molar-refractivity contribution in [3.63, 3.8) is 0 Å². The van der Waals surface area contributed by atoms with Gasteiger partial charge in [0, 0.05) is 18.0 Å². The van der Waals surface area contributed by atoms with Crippen molar-refractivity contribution in [2.24, 2.45) is 0 Å². The van der Waals surface area contributed by atoms with Crippen molar-refractivity contribution >= 4 is 37.5 Å². The van der Waals surface area contributed by atoms with Gasteiger partial charge in [0.2, 0.25) is 11.8 Å². The summed E-state index contributed by atoms with van der Waals surface area (Å²) in [6, 6.07) is 3.47. The first-order valence-electron chi connectivity index (χ1n) is 8.92. The number of aryl methyl sites for hydroxylation is 2. The molecule has 14 heteroatoms. The molecule has 12 nitrogen and oxygen atoms in total. The smallest absolute Gasteiger partial charge is 0.335 e. The Labute approximate surface area is 178 Å². The van der Waals surface area contributed by atoms with E-state index in [1.165, 1.54) is 32.4 Å². The molecule has 3 aromatic rings. The third-order valence-electron chi connectivity index (χ3n) is 4.11. The fraction of sp³-hybridized carbons (Fsp3) is 0.294. The van der Waals surface area contributed by atoms with E-state index in [1.54, 1.807) is 24.6 Å². The molecule has 3 rings (SSSR count). The first-order valence-corrected chi connectivity index (χ1v) is 12.1. The predicted octanol–water partition coefficient (Wildman–Crippen LogP) is 1.05. The lowest BCUT2D eigenvalue weighted by Crippen LogP contribution is -2.36. The highest BCUT2D eigenvalue weighted by atomic mass is 32.2. The fourth-order valence-corrected chi connectivity index (χ4v) is 5.34. The Balaban J connectivity index is 2.03. The van der Waals surface area contributed by atoms with Crippen molar-refractivity contribution in [2.45, 2.75) is 30.8 Å². The van der Waals surface area contributed by atoms with Crippen LogP contribution in [0.1, 0.15) is 18.2 Å². The van der Waals surface area contributed by atoms with E-state index in [9.17, 15) is 21.6 Å². The van der Waals surface area contributed by atoms with Crippen LogP contribution in [0.5, 0.6) is 5.88 Å². The maximum atomic E-state index is 13.0. The molecule has 0 aliphatic heterocycles.